The maximum absolute atomic E-state index is 9.98. The largest absolute Gasteiger partial charge is 0.445 e. The number of aliphatic imine (C=N–C) groups is 1. The van der Waals surface area contributed by atoms with Crippen LogP contribution < -0.4 is 0 Å². The van der Waals surface area contributed by atoms with Crippen molar-refractivity contribution in [3.63, 3.8) is 0 Å². The smallest absolute Gasteiger partial charge is 0.236 e. The normalized spacial score (nSPS) is 15.7. The molecule has 0 aromatic heterocycles. The average molecular weight is 96.1 g/mol. The summed E-state index contributed by atoms with van der Waals surface area (Å²) in [6, 6.07) is -0.539. The van der Waals surface area contributed by atoms with Crippen LogP contribution in [0.15, 0.2) is 10.1 Å². The van der Waals surface area contributed by atoms with Crippen LogP contribution in [0.25, 0.3) is 0 Å². The number of amides is 2. The van der Waals surface area contributed by atoms with Gasteiger partial charge in [0.2, 0.25) is 0 Å². The van der Waals surface area contributed by atoms with Gasteiger partial charge in [-0.1, -0.05) is 0 Å². The van der Waals surface area contributed by atoms with E-state index in [9.17, 15) is 4.79 Å². The van der Waals surface area contributed by atoms with E-state index in [1.807, 2.05) is 0 Å². The van der Waals surface area contributed by atoms with Crippen LogP contribution >= 0.6 is 0 Å². The summed E-state index contributed by atoms with van der Waals surface area (Å²) < 4.78 is 0. The van der Waals surface area contributed by atoms with Gasteiger partial charge in [-0.2, -0.15) is 4.99 Å². The topological polar surface area (TPSA) is 55.9 Å². The van der Waals surface area contributed by atoms with Gasteiger partial charge in [-0.15, -0.1) is 0 Å². The van der Waals surface area contributed by atoms with Crippen molar-refractivity contribution < 1.29 is 9.58 Å². The molecule has 0 saturated heterocycles. The zero-order valence-corrected chi connectivity index (χ0v) is 3.40. The van der Waals surface area contributed by atoms with E-state index in [2.05, 4.69) is 14.9 Å². The van der Waals surface area contributed by atoms with Crippen molar-refractivity contribution in [3.8, 4) is 0 Å². The molecule has 0 aromatic carbocycles. The molecule has 0 N–H and O–H groups in total. The number of nitrogens with zero attached hydrogens (tertiary/aromatic N) is 3. The lowest BCUT2D eigenvalue weighted by Gasteiger charge is -1.66. The summed E-state index contributed by atoms with van der Waals surface area (Å²) in [5.41, 5.74) is 0. The maximum atomic E-state index is 9.98. The van der Waals surface area contributed by atoms with Crippen molar-refractivity contribution in [1.29, 1.82) is 0 Å². The predicted molar refractivity (Wildman–Crippen MR) is 22.6 cm³/mol. The highest BCUT2D eigenvalue weighted by Gasteiger charge is 2.01. The van der Waals surface area contributed by atoms with Gasteiger partial charge in [-0.25, -0.2) is 4.79 Å². The quantitative estimate of drug-likeness (QED) is 0.389. The van der Waals surface area contributed by atoms with E-state index >= 15 is 0 Å². The molecule has 1 aliphatic rings. The minimum atomic E-state index is -0.539. The van der Waals surface area contributed by atoms with E-state index in [4.69, 9.17) is 0 Å². The van der Waals surface area contributed by atoms with Gasteiger partial charge >= 0.3 is 12.2 Å². The highest BCUT2D eigenvalue weighted by molar-refractivity contribution is 6.16. The molecule has 1 aliphatic heterocycles. The fourth-order valence-electron chi connectivity index (χ4n) is 0.235. The average Bonchev–Trinajstić information content (AvgIpc) is 1.69. The summed E-state index contributed by atoms with van der Waals surface area (Å²) in [6.45, 7) is 0. The molecule has 0 bridgehead atoms. The van der Waals surface area contributed by atoms with Gasteiger partial charge in [-0.05, 0) is 0 Å². The molecule has 0 aromatic rings. The molecular formula is C3H2N3O+. The fraction of sp³-hybridized carbons (Fsp3) is 0. The lowest BCUT2D eigenvalue weighted by atomic mass is 10.8. The molecule has 1 rings (SSSR count). The Hall–Kier alpha value is -1.28. The third kappa shape index (κ3) is 0.773. The molecule has 0 atom stereocenters. The minimum Gasteiger partial charge on any atom is -0.236 e. The molecule has 0 aliphatic carbocycles. The fourth-order valence-corrected chi connectivity index (χ4v) is 0.235. The summed E-state index contributed by atoms with van der Waals surface area (Å²) in [6.07, 6.45) is 2.65. The van der Waals surface area contributed by atoms with E-state index in [0.717, 1.165) is 0 Å². The number of rotatable bonds is 0. The molecule has 1 heterocycles. The Morgan fingerprint density at radius 1 is 1.71 bits per heavy atom. The van der Waals surface area contributed by atoms with E-state index < -0.39 is 6.03 Å². The second-order valence-electron chi connectivity index (χ2n) is 0.925. The number of carbonyl (C=O) groups excluding carboxylic acids is 1. The second-order valence-corrected chi connectivity index (χ2v) is 0.925. The molecule has 0 saturated carbocycles. The summed E-state index contributed by atoms with van der Waals surface area (Å²) in [5, 5.41) is 3.06. The molecule has 0 fully saturated rings. The molecule has 2 amide bonds. The molecule has 0 spiro atoms. The van der Waals surface area contributed by atoms with Crippen molar-refractivity contribution in [1.82, 2.24) is 0 Å². The van der Waals surface area contributed by atoms with Gasteiger partial charge in [0.05, 0.1) is 4.79 Å². The van der Waals surface area contributed by atoms with Gasteiger partial charge in [0.15, 0.2) is 5.11 Å². The van der Waals surface area contributed by atoms with Gasteiger partial charge in [0, 0.05) is 0 Å². The van der Waals surface area contributed by atoms with Crippen LogP contribution in [0.2, 0.25) is 0 Å². The molecule has 4 nitrogen and oxygen atoms in total. The van der Waals surface area contributed by atoms with Crippen LogP contribution in [0.1, 0.15) is 0 Å². The number of urea groups is 1. The lowest BCUT2D eigenvalue weighted by Crippen LogP contribution is -1.92. The highest BCUT2D eigenvalue weighted by Crippen LogP contribution is 1.77. The highest BCUT2D eigenvalue weighted by atomic mass is 16.2. The first-order chi connectivity index (χ1) is 3.39. The van der Waals surface area contributed by atoms with Crippen LogP contribution in [0.5, 0.6) is 0 Å². The summed E-state index contributed by atoms with van der Waals surface area (Å²) in [7, 11) is 0. The Morgan fingerprint density at radius 3 is 2.86 bits per heavy atom. The van der Waals surface area contributed by atoms with Crippen LogP contribution in [0, 0.1) is 0 Å². The second kappa shape index (κ2) is 1.45. The Kier molecular flexibility index (Phi) is 0.805. The molecule has 7 heavy (non-hydrogen) atoms. The number of hydrogen-bond acceptors (Lipinski definition) is 1. The first kappa shape index (κ1) is 3.89. The molecule has 4 heteroatoms. The van der Waals surface area contributed by atoms with E-state index in [0.29, 0.717) is 0 Å². The third-order valence-electron chi connectivity index (χ3n) is 0.462. The Labute approximate surface area is 39.3 Å². The van der Waals surface area contributed by atoms with Crippen LogP contribution in [-0.4, -0.2) is 23.3 Å². The van der Waals surface area contributed by atoms with Crippen molar-refractivity contribution in [2.45, 2.75) is 0 Å². The summed E-state index contributed by atoms with van der Waals surface area (Å²) in [5.74, 6) is 0. The van der Waals surface area contributed by atoms with Gasteiger partial charge in [0.1, 0.15) is 6.21 Å². The zero-order chi connectivity index (χ0) is 5.11. The van der Waals surface area contributed by atoms with Gasteiger partial charge in [0.25, 0.3) is 0 Å². The predicted octanol–water partition coefficient (Wildman–Crippen LogP) is -0.0780. The van der Waals surface area contributed by atoms with E-state index in [-0.39, 0.29) is 0 Å². The van der Waals surface area contributed by atoms with Crippen molar-refractivity contribution in [2.24, 2.45) is 10.1 Å². The summed E-state index contributed by atoms with van der Waals surface area (Å²) >= 11 is 0. The van der Waals surface area contributed by atoms with Gasteiger partial charge < -0.3 is 0 Å². The van der Waals surface area contributed by atoms with E-state index in [1.54, 1.807) is 0 Å². The SMILES string of the molecule is O=C1N=CC=[N+]=N1. The van der Waals surface area contributed by atoms with Crippen LogP contribution in [-0.2, 0) is 0 Å². The Balaban J connectivity index is 2.98. The summed E-state index contributed by atoms with van der Waals surface area (Å²) in [4.78, 5) is 16.5. The van der Waals surface area contributed by atoms with Crippen molar-refractivity contribution in [3.05, 3.63) is 0 Å². The number of carbonyl (C=O) groups is 1. The lowest BCUT2D eigenvalue weighted by molar-refractivity contribution is -0.0692. The molecule has 0 radical (unpaired) electrons. The molecular weight excluding hydrogens is 94.1 g/mol. The van der Waals surface area contributed by atoms with Crippen molar-refractivity contribution >= 4 is 18.5 Å². The van der Waals surface area contributed by atoms with Crippen LogP contribution in [0.4, 0.5) is 4.79 Å². The number of hydrogen-bond donors (Lipinski definition) is 0. The molecule has 34 valence electrons. The first-order valence-electron chi connectivity index (χ1n) is 1.70. The van der Waals surface area contributed by atoms with Crippen molar-refractivity contribution in [2.75, 3.05) is 0 Å². The standard InChI is InChI=1S/C3H2N3O/c7-3-4-1-2-5-6-3/h1-2H/q+1. The van der Waals surface area contributed by atoms with E-state index in [1.165, 1.54) is 12.4 Å². The zero-order valence-electron chi connectivity index (χ0n) is 3.40. The minimum absolute atomic E-state index is 0.539. The monoisotopic (exact) mass is 96.0 g/mol. The molecule has 0 unspecified atom stereocenters. The first-order valence-corrected chi connectivity index (χ1v) is 1.70. The van der Waals surface area contributed by atoms with Gasteiger partial charge in [-0.3, -0.25) is 0 Å². The Morgan fingerprint density at radius 2 is 2.57 bits per heavy atom. The van der Waals surface area contributed by atoms with Crippen LogP contribution in [0.3, 0.4) is 0 Å². The maximum Gasteiger partial charge on any atom is 0.445 e. The Bertz CT molecular complexity index is 175. The third-order valence-corrected chi connectivity index (χ3v) is 0.462.